The van der Waals surface area contributed by atoms with Crippen LogP contribution in [0.2, 0.25) is 0 Å². The summed E-state index contributed by atoms with van der Waals surface area (Å²) in [6.07, 6.45) is 0. The standard InChI is InChI=1S/C2H2O4.BO3.FH.Y/c3-1(4)2(5)6;2-1(3)4;;/h(H,3,4)(H,5,6);;1H;/q;-3;;+3. The molecule has 12 heavy (non-hydrogen) atoms. The molecule has 0 fully saturated rings. The first-order chi connectivity index (χ1) is 4.37. The number of hydrogen-bond donors (Lipinski definition) is 2. The van der Waals surface area contributed by atoms with Crippen LogP contribution in [0.25, 0.3) is 0 Å². The molecular weight excluding hydrogens is 255 g/mol. The Kier molecular flexibility index (Phi) is 25.5. The molecule has 0 rings (SSSR count). The number of carboxylic acids is 2. The molecule has 0 aromatic heterocycles. The number of halogens is 1. The molecule has 0 bridgehead atoms. The van der Waals surface area contributed by atoms with Crippen molar-refractivity contribution in [3.63, 3.8) is 0 Å². The summed E-state index contributed by atoms with van der Waals surface area (Å²) in [4.78, 5) is 18.2. The third kappa shape index (κ3) is 51.4. The zero-order valence-electron chi connectivity index (χ0n) is 5.50. The molecule has 0 heterocycles. The Morgan fingerprint density at radius 3 is 1.08 bits per heavy atom. The Balaban J connectivity index is -0.0000000483. The first kappa shape index (κ1) is 22.7. The molecule has 0 aliphatic carbocycles. The van der Waals surface area contributed by atoms with E-state index in [1.54, 1.807) is 0 Å². The molecule has 0 aromatic carbocycles. The molecule has 10 heteroatoms. The van der Waals surface area contributed by atoms with E-state index in [9.17, 15) is 0 Å². The fourth-order valence-electron chi connectivity index (χ4n) is 0. The van der Waals surface area contributed by atoms with Crippen LogP contribution in [0.4, 0.5) is 4.70 Å². The topological polar surface area (TPSA) is 144 Å². The Hall–Kier alpha value is -0.0812. The van der Waals surface area contributed by atoms with Crippen LogP contribution in [-0.2, 0) is 42.3 Å². The number of carboxylic acid groups (broad SMARTS) is 2. The van der Waals surface area contributed by atoms with E-state index in [-0.39, 0.29) is 37.4 Å². The molecule has 0 unspecified atom stereocenters. The van der Waals surface area contributed by atoms with Crippen molar-refractivity contribution in [2.45, 2.75) is 0 Å². The minimum atomic E-state index is -2.92. The quantitative estimate of drug-likeness (QED) is 0.328. The molecule has 0 spiro atoms. The van der Waals surface area contributed by atoms with Crippen LogP contribution in [0.1, 0.15) is 0 Å². The van der Waals surface area contributed by atoms with Gasteiger partial charge in [0.1, 0.15) is 0 Å². The van der Waals surface area contributed by atoms with Crippen molar-refractivity contribution in [2.24, 2.45) is 0 Å². The summed E-state index contributed by atoms with van der Waals surface area (Å²) in [5, 5.41) is 40.0. The summed E-state index contributed by atoms with van der Waals surface area (Å²) in [7, 11) is -2.92. The monoisotopic (exact) mass is 258 g/mol. The Morgan fingerprint density at radius 1 is 1.00 bits per heavy atom. The van der Waals surface area contributed by atoms with E-state index in [4.69, 9.17) is 34.9 Å². The number of rotatable bonds is 0. The van der Waals surface area contributed by atoms with E-state index in [1.807, 2.05) is 0 Å². The molecule has 0 atom stereocenters. The Labute approximate surface area is 91.4 Å². The maximum atomic E-state index is 9.10. The van der Waals surface area contributed by atoms with Gasteiger partial charge in [-0.15, -0.1) is 0 Å². The SMILES string of the molecule is F.O=C(O)C(=O)O.[O-]B([O-])[O-].[Y+3]. The molecule has 0 amide bonds. The van der Waals surface area contributed by atoms with E-state index < -0.39 is 19.3 Å². The minimum absolute atomic E-state index is 0. The van der Waals surface area contributed by atoms with Gasteiger partial charge in [0, 0.05) is 0 Å². The van der Waals surface area contributed by atoms with Crippen LogP contribution in [0.5, 0.6) is 0 Å². The molecule has 0 saturated carbocycles. The molecule has 0 aromatic rings. The smallest absolute Gasteiger partial charge is 0.907 e. The van der Waals surface area contributed by atoms with E-state index >= 15 is 0 Å². The molecule has 0 aliphatic heterocycles. The summed E-state index contributed by atoms with van der Waals surface area (Å²) in [6, 6.07) is 0. The third-order valence-corrected chi connectivity index (χ3v) is 0.183. The first-order valence-electron chi connectivity index (χ1n) is 1.81. The number of aliphatic carboxylic acids is 2. The van der Waals surface area contributed by atoms with E-state index in [0.29, 0.717) is 0 Å². The van der Waals surface area contributed by atoms with Gasteiger partial charge in [0.15, 0.2) is 0 Å². The summed E-state index contributed by atoms with van der Waals surface area (Å²) < 4.78 is 0. The predicted octanol–water partition coefficient (Wildman–Crippen LogP) is -4.64. The predicted molar refractivity (Wildman–Crippen MR) is 23.5 cm³/mol. The zero-order valence-corrected chi connectivity index (χ0v) is 8.34. The average Bonchev–Trinajstić information content (AvgIpc) is 1.63. The molecule has 0 aliphatic rings. The first-order valence-corrected chi connectivity index (χ1v) is 1.81. The summed E-state index contributed by atoms with van der Waals surface area (Å²) >= 11 is 0. The molecule has 0 radical (unpaired) electrons. The van der Waals surface area contributed by atoms with Crippen LogP contribution >= 0.6 is 0 Å². The minimum Gasteiger partial charge on any atom is -0.907 e. The third-order valence-electron chi connectivity index (χ3n) is 0.183. The summed E-state index contributed by atoms with van der Waals surface area (Å²) in [5.41, 5.74) is 0. The fraction of sp³-hybridized carbons (Fsp3) is 0. The van der Waals surface area contributed by atoms with Gasteiger partial charge in [0.05, 0.1) is 0 Å². The molecule has 7 nitrogen and oxygen atoms in total. The number of carbonyl (C=O) groups is 2. The average molecular weight is 258 g/mol. The molecule has 2 N–H and O–H groups in total. The van der Waals surface area contributed by atoms with Crippen molar-refractivity contribution in [1.29, 1.82) is 0 Å². The largest absolute Gasteiger partial charge is 3.00 e. The summed E-state index contributed by atoms with van der Waals surface area (Å²) in [6.45, 7) is 0. The van der Waals surface area contributed by atoms with Crippen LogP contribution in [0, 0.1) is 0 Å². The van der Waals surface area contributed by atoms with Gasteiger partial charge < -0.3 is 25.3 Å². The van der Waals surface area contributed by atoms with Crippen LogP contribution in [0.15, 0.2) is 0 Å². The maximum absolute atomic E-state index is 9.10. The van der Waals surface area contributed by atoms with E-state index in [0.717, 1.165) is 0 Å². The zero-order chi connectivity index (χ0) is 8.73. The van der Waals surface area contributed by atoms with Gasteiger partial charge in [-0.2, -0.15) is 0 Å². The van der Waals surface area contributed by atoms with Crippen molar-refractivity contribution in [2.75, 3.05) is 0 Å². The van der Waals surface area contributed by atoms with Gasteiger partial charge in [0.25, 0.3) is 0 Å². The summed E-state index contributed by atoms with van der Waals surface area (Å²) in [5.74, 6) is -3.65. The second kappa shape index (κ2) is 13.5. The van der Waals surface area contributed by atoms with Crippen molar-refractivity contribution < 1.29 is 72.3 Å². The van der Waals surface area contributed by atoms with E-state index in [2.05, 4.69) is 0 Å². The van der Waals surface area contributed by atoms with Gasteiger partial charge >= 0.3 is 44.6 Å². The Bertz CT molecular complexity index is 114. The number of hydrogen-bond acceptors (Lipinski definition) is 5. The van der Waals surface area contributed by atoms with Gasteiger partial charge in [-0.3, -0.25) is 12.0 Å². The van der Waals surface area contributed by atoms with Crippen molar-refractivity contribution >= 4 is 19.3 Å². The maximum Gasteiger partial charge on any atom is 3.00 e. The Morgan fingerprint density at radius 2 is 1.08 bits per heavy atom. The normalized spacial score (nSPS) is 5.92. The second-order valence-electron chi connectivity index (χ2n) is 0.899. The van der Waals surface area contributed by atoms with Crippen LogP contribution < -0.4 is 15.1 Å². The van der Waals surface area contributed by atoms with Crippen molar-refractivity contribution in [3.05, 3.63) is 0 Å². The van der Waals surface area contributed by atoms with Gasteiger partial charge in [-0.1, -0.05) is 0 Å². The van der Waals surface area contributed by atoms with Gasteiger partial charge in [-0.25, -0.2) is 9.59 Å². The van der Waals surface area contributed by atoms with Crippen LogP contribution in [-0.4, -0.2) is 29.5 Å². The second-order valence-corrected chi connectivity index (χ2v) is 0.899. The van der Waals surface area contributed by atoms with Gasteiger partial charge in [0.2, 0.25) is 0 Å². The molecular formula is C2H3BFO7Y. The van der Waals surface area contributed by atoms with Crippen LogP contribution in [0.3, 0.4) is 0 Å². The fourth-order valence-corrected chi connectivity index (χ4v) is 0. The van der Waals surface area contributed by atoms with Crippen molar-refractivity contribution in [1.82, 2.24) is 0 Å². The molecule has 0 saturated heterocycles. The van der Waals surface area contributed by atoms with Crippen molar-refractivity contribution in [3.8, 4) is 0 Å². The van der Waals surface area contributed by atoms with E-state index in [1.165, 1.54) is 0 Å². The molecule has 66 valence electrons. The van der Waals surface area contributed by atoms with Gasteiger partial charge in [-0.05, 0) is 0 Å².